The van der Waals surface area contributed by atoms with Crippen LogP contribution < -0.4 is 5.32 Å². The summed E-state index contributed by atoms with van der Waals surface area (Å²) in [5, 5.41) is 3.74. The number of pyridine rings is 1. The molecule has 1 aromatic carbocycles. The van der Waals surface area contributed by atoms with Crippen molar-refractivity contribution >= 4 is 38.6 Å². The lowest BCUT2D eigenvalue weighted by Crippen LogP contribution is -2.12. The van der Waals surface area contributed by atoms with Gasteiger partial charge in [-0.15, -0.1) is 0 Å². The molecule has 94 valence electrons. The molecule has 0 aliphatic rings. The van der Waals surface area contributed by atoms with E-state index < -0.39 is 0 Å². The Morgan fingerprint density at radius 3 is 2.89 bits per heavy atom. The number of nitrogens with one attached hydrogen (secondary N) is 2. The van der Waals surface area contributed by atoms with Gasteiger partial charge in [0.25, 0.3) is 5.91 Å². The van der Waals surface area contributed by atoms with Gasteiger partial charge < -0.3 is 10.3 Å². The predicted molar refractivity (Wildman–Crippen MR) is 78.2 cm³/mol. The molecule has 0 unspecified atom stereocenters. The molecular weight excluding hydrogens is 306 g/mol. The molecule has 19 heavy (non-hydrogen) atoms. The molecule has 0 bridgehead atoms. The highest BCUT2D eigenvalue weighted by molar-refractivity contribution is 9.10. The Morgan fingerprint density at radius 2 is 2.11 bits per heavy atom. The molecule has 0 radical (unpaired) electrons. The number of amides is 1. The van der Waals surface area contributed by atoms with Gasteiger partial charge in [0.05, 0.1) is 0 Å². The fraction of sp³-hybridized carbons (Fsp3) is 0. The Labute approximate surface area is 118 Å². The summed E-state index contributed by atoms with van der Waals surface area (Å²) in [6.07, 6.45) is 1.64. The van der Waals surface area contributed by atoms with Gasteiger partial charge in [-0.3, -0.25) is 4.79 Å². The van der Waals surface area contributed by atoms with Crippen molar-refractivity contribution < 1.29 is 4.79 Å². The Morgan fingerprint density at radius 1 is 1.21 bits per heavy atom. The summed E-state index contributed by atoms with van der Waals surface area (Å²) in [6.45, 7) is 0. The average Bonchev–Trinajstić information content (AvgIpc) is 2.83. The summed E-state index contributed by atoms with van der Waals surface area (Å²) < 4.78 is 0.971. The lowest BCUT2D eigenvalue weighted by Gasteiger charge is -2.01. The second kappa shape index (κ2) is 4.85. The fourth-order valence-corrected chi connectivity index (χ4v) is 2.20. The molecule has 0 fully saturated rings. The number of aromatic nitrogens is 2. The molecule has 0 saturated heterocycles. The van der Waals surface area contributed by atoms with Gasteiger partial charge in [-0.05, 0) is 30.3 Å². The van der Waals surface area contributed by atoms with Crippen LogP contribution in [0.15, 0.2) is 53.1 Å². The van der Waals surface area contributed by atoms with E-state index in [1.807, 2.05) is 30.3 Å². The van der Waals surface area contributed by atoms with Gasteiger partial charge in [0.15, 0.2) is 0 Å². The smallest absolute Gasteiger partial charge is 0.273 e. The van der Waals surface area contributed by atoms with Gasteiger partial charge in [0.1, 0.15) is 11.5 Å². The van der Waals surface area contributed by atoms with E-state index in [9.17, 15) is 4.79 Å². The molecule has 3 aromatic rings. The summed E-state index contributed by atoms with van der Waals surface area (Å²) >= 11 is 3.40. The zero-order valence-electron chi connectivity index (χ0n) is 9.85. The third-order valence-corrected chi connectivity index (χ3v) is 3.23. The topological polar surface area (TPSA) is 57.8 Å². The molecule has 4 nitrogen and oxygen atoms in total. The Bertz CT molecular complexity index is 737. The number of H-pyrrole nitrogens is 1. The standard InChI is InChI=1S/C14H10BrN3O/c15-10-5-4-9-7-12(17-11(9)8-10)14(19)18-13-3-1-2-6-16-13/h1-8,17H,(H,16,18,19). The summed E-state index contributed by atoms with van der Waals surface area (Å²) in [6, 6.07) is 13.0. The lowest BCUT2D eigenvalue weighted by molar-refractivity contribution is 0.102. The maximum atomic E-state index is 12.1. The molecule has 2 aromatic heterocycles. The quantitative estimate of drug-likeness (QED) is 0.759. The number of rotatable bonds is 2. The summed E-state index contributed by atoms with van der Waals surface area (Å²) in [4.78, 5) is 19.2. The van der Waals surface area contributed by atoms with Crippen LogP contribution in [-0.4, -0.2) is 15.9 Å². The first-order chi connectivity index (χ1) is 9.22. The van der Waals surface area contributed by atoms with Crippen molar-refractivity contribution in [3.05, 3.63) is 58.8 Å². The van der Waals surface area contributed by atoms with Crippen LogP contribution in [0, 0.1) is 0 Å². The Kier molecular flexibility index (Phi) is 3.05. The number of carbonyl (C=O) groups is 1. The first-order valence-electron chi connectivity index (χ1n) is 5.73. The van der Waals surface area contributed by atoms with Crippen LogP contribution in [-0.2, 0) is 0 Å². The van der Waals surface area contributed by atoms with Crippen LogP contribution >= 0.6 is 15.9 Å². The number of halogens is 1. The van der Waals surface area contributed by atoms with E-state index in [1.165, 1.54) is 0 Å². The maximum absolute atomic E-state index is 12.1. The minimum Gasteiger partial charge on any atom is -0.350 e. The molecule has 1 amide bonds. The molecule has 0 aliphatic carbocycles. The van der Waals surface area contributed by atoms with Gasteiger partial charge in [0.2, 0.25) is 0 Å². The second-order valence-electron chi connectivity index (χ2n) is 4.08. The zero-order chi connectivity index (χ0) is 13.2. The average molecular weight is 316 g/mol. The molecule has 0 aliphatic heterocycles. The number of aromatic amines is 1. The molecule has 0 saturated carbocycles. The monoisotopic (exact) mass is 315 g/mol. The van der Waals surface area contributed by atoms with E-state index in [1.54, 1.807) is 18.3 Å². The highest BCUT2D eigenvalue weighted by atomic mass is 79.9. The van der Waals surface area contributed by atoms with Crippen LogP contribution in [0.3, 0.4) is 0 Å². The maximum Gasteiger partial charge on any atom is 0.273 e. The van der Waals surface area contributed by atoms with Crippen molar-refractivity contribution in [2.45, 2.75) is 0 Å². The van der Waals surface area contributed by atoms with Gasteiger partial charge in [-0.1, -0.05) is 28.1 Å². The predicted octanol–water partition coefficient (Wildman–Crippen LogP) is 3.58. The number of hydrogen-bond acceptors (Lipinski definition) is 2. The van der Waals surface area contributed by atoms with Gasteiger partial charge in [-0.25, -0.2) is 4.98 Å². The van der Waals surface area contributed by atoms with Crippen molar-refractivity contribution in [1.82, 2.24) is 9.97 Å². The van der Waals surface area contributed by atoms with Crippen molar-refractivity contribution in [3.8, 4) is 0 Å². The molecule has 2 heterocycles. The highest BCUT2D eigenvalue weighted by Crippen LogP contribution is 2.20. The Balaban J connectivity index is 1.89. The van der Waals surface area contributed by atoms with E-state index in [0.29, 0.717) is 11.5 Å². The number of fused-ring (bicyclic) bond motifs is 1. The fourth-order valence-electron chi connectivity index (χ4n) is 1.84. The molecule has 3 rings (SSSR count). The van der Waals surface area contributed by atoms with E-state index >= 15 is 0 Å². The second-order valence-corrected chi connectivity index (χ2v) is 5.00. The van der Waals surface area contributed by atoms with Crippen molar-refractivity contribution in [2.75, 3.05) is 5.32 Å². The van der Waals surface area contributed by atoms with Crippen LogP contribution in [0.4, 0.5) is 5.82 Å². The largest absolute Gasteiger partial charge is 0.350 e. The zero-order valence-corrected chi connectivity index (χ0v) is 11.4. The van der Waals surface area contributed by atoms with Gasteiger partial charge in [0, 0.05) is 21.6 Å². The van der Waals surface area contributed by atoms with Crippen molar-refractivity contribution in [3.63, 3.8) is 0 Å². The Hall–Kier alpha value is -2.14. The molecular formula is C14H10BrN3O. The lowest BCUT2D eigenvalue weighted by atomic mass is 10.2. The number of hydrogen-bond donors (Lipinski definition) is 2. The van der Waals surface area contributed by atoms with Crippen LogP contribution in [0.25, 0.3) is 10.9 Å². The number of carbonyl (C=O) groups excluding carboxylic acids is 1. The third kappa shape index (κ3) is 2.51. The van der Waals surface area contributed by atoms with E-state index in [2.05, 4.69) is 31.2 Å². The van der Waals surface area contributed by atoms with Gasteiger partial charge in [-0.2, -0.15) is 0 Å². The molecule has 2 N–H and O–H groups in total. The highest BCUT2D eigenvalue weighted by Gasteiger charge is 2.10. The first-order valence-corrected chi connectivity index (χ1v) is 6.52. The minimum absolute atomic E-state index is 0.203. The SMILES string of the molecule is O=C(Nc1ccccn1)c1cc2ccc(Br)cc2[nH]1. The number of benzene rings is 1. The molecule has 0 spiro atoms. The van der Waals surface area contributed by atoms with Crippen molar-refractivity contribution in [2.24, 2.45) is 0 Å². The summed E-state index contributed by atoms with van der Waals surface area (Å²) in [7, 11) is 0. The van der Waals surface area contributed by atoms with Crippen LogP contribution in [0.5, 0.6) is 0 Å². The molecule has 0 atom stereocenters. The van der Waals surface area contributed by atoms with Crippen LogP contribution in [0.1, 0.15) is 10.5 Å². The van der Waals surface area contributed by atoms with Gasteiger partial charge >= 0.3 is 0 Å². The molecule has 5 heteroatoms. The summed E-state index contributed by atoms with van der Waals surface area (Å²) in [5.74, 6) is 0.332. The number of nitrogens with zero attached hydrogens (tertiary/aromatic N) is 1. The first kappa shape index (κ1) is 11.9. The number of anilines is 1. The normalized spacial score (nSPS) is 10.6. The van der Waals surface area contributed by atoms with E-state index in [0.717, 1.165) is 15.4 Å². The van der Waals surface area contributed by atoms with E-state index in [4.69, 9.17) is 0 Å². The van der Waals surface area contributed by atoms with Crippen molar-refractivity contribution in [1.29, 1.82) is 0 Å². The van der Waals surface area contributed by atoms with E-state index in [-0.39, 0.29) is 5.91 Å². The minimum atomic E-state index is -0.203. The summed E-state index contributed by atoms with van der Waals surface area (Å²) in [5.41, 5.74) is 1.43. The third-order valence-electron chi connectivity index (χ3n) is 2.74. The van der Waals surface area contributed by atoms with Crippen LogP contribution in [0.2, 0.25) is 0 Å².